The second-order valence-electron chi connectivity index (χ2n) is 6.66. The molecule has 5 nitrogen and oxygen atoms in total. The number of benzene rings is 1. The summed E-state index contributed by atoms with van der Waals surface area (Å²) in [4.78, 5) is 2.18. The van der Waals surface area contributed by atoms with Crippen LogP contribution in [0, 0.1) is 0 Å². The summed E-state index contributed by atoms with van der Waals surface area (Å²) in [6, 6.07) is 10.0. The van der Waals surface area contributed by atoms with Gasteiger partial charge in [-0.15, -0.1) is 0 Å². The van der Waals surface area contributed by atoms with E-state index >= 15 is 0 Å². The number of hydrogen-bond acceptors (Lipinski definition) is 5. The predicted molar refractivity (Wildman–Crippen MR) is 82.3 cm³/mol. The summed E-state index contributed by atoms with van der Waals surface area (Å²) in [5.41, 5.74) is 1.18. The molecule has 0 spiro atoms. The number of nitrogens with zero attached hydrogens (tertiary/aromatic N) is 1. The summed E-state index contributed by atoms with van der Waals surface area (Å²) < 4.78 is 11.9. The van der Waals surface area contributed by atoms with E-state index in [0.717, 1.165) is 0 Å². The van der Waals surface area contributed by atoms with Crippen molar-refractivity contribution in [3.63, 3.8) is 0 Å². The first-order valence-electron chi connectivity index (χ1n) is 7.88. The molecule has 2 aliphatic rings. The molecule has 2 N–H and O–H groups in total. The minimum atomic E-state index is -0.848. The van der Waals surface area contributed by atoms with E-state index in [1.807, 2.05) is 32.0 Å². The third-order valence-corrected chi connectivity index (χ3v) is 4.69. The summed E-state index contributed by atoms with van der Waals surface area (Å²) >= 11 is 0. The van der Waals surface area contributed by atoms with Crippen LogP contribution in [0.4, 0.5) is 0 Å². The molecular formula is C17H25NO4. The van der Waals surface area contributed by atoms with Gasteiger partial charge in [0.15, 0.2) is 5.79 Å². The average Bonchev–Trinajstić information content (AvgIpc) is 2.98. The summed E-state index contributed by atoms with van der Waals surface area (Å²) in [5, 5.41) is 19.8. The van der Waals surface area contributed by atoms with Crippen LogP contribution in [-0.4, -0.2) is 58.4 Å². The molecule has 2 aliphatic heterocycles. The first-order chi connectivity index (χ1) is 10.4. The van der Waals surface area contributed by atoms with Crippen molar-refractivity contribution < 1.29 is 19.7 Å². The molecule has 0 amide bonds. The average molecular weight is 307 g/mol. The van der Waals surface area contributed by atoms with E-state index in [1.165, 1.54) is 5.56 Å². The van der Waals surface area contributed by atoms with Crippen LogP contribution < -0.4 is 0 Å². The first-order valence-corrected chi connectivity index (χ1v) is 7.88. The molecule has 0 unspecified atom stereocenters. The van der Waals surface area contributed by atoms with Gasteiger partial charge in [0.1, 0.15) is 12.2 Å². The Kier molecular flexibility index (Phi) is 4.27. The van der Waals surface area contributed by atoms with E-state index in [4.69, 9.17) is 9.47 Å². The van der Waals surface area contributed by atoms with Gasteiger partial charge in [-0.25, -0.2) is 0 Å². The molecule has 2 fully saturated rings. The standard InChI is InChI=1S/C17H25NO4/c1-11(12-7-5-4-6-8-12)18-9-14-16(15(18)13(20)10-19)22-17(2,3)21-14/h4-8,11,13-16,19-20H,9-10H2,1-3H3/t11-,13+,14-,15+,16-/m0/s1. The molecule has 0 saturated carbocycles. The molecule has 22 heavy (non-hydrogen) atoms. The maximum atomic E-state index is 10.3. The highest BCUT2D eigenvalue weighted by molar-refractivity contribution is 5.20. The van der Waals surface area contributed by atoms with Crippen LogP contribution >= 0.6 is 0 Å². The molecule has 2 saturated heterocycles. The SMILES string of the molecule is C[C@@H](c1ccccc1)N1C[C@@H]2OC(C)(C)O[C@@H]2[C@H]1[C@H](O)CO. The maximum absolute atomic E-state index is 10.3. The highest BCUT2D eigenvalue weighted by Gasteiger charge is 2.55. The van der Waals surface area contributed by atoms with Crippen molar-refractivity contribution in [1.82, 2.24) is 4.90 Å². The fourth-order valence-corrected chi connectivity index (χ4v) is 3.70. The molecule has 5 heteroatoms. The Bertz CT molecular complexity index is 507. The van der Waals surface area contributed by atoms with Gasteiger partial charge in [-0.2, -0.15) is 0 Å². The number of ether oxygens (including phenoxy) is 2. The number of aliphatic hydroxyl groups excluding tert-OH is 2. The predicted octanol–water partition coefficient (Wildman–Crippen LogP) is 1.31. The lowest BCUT2D eigenvalue weighted by Crippen LogP contribution is -2.48. The van der Waals surface area contributed by atoms with E-state index in [0.29, 0.717) is 6.54 Å². The lowest BCUT2D eigenvalue weighted by molar-refractivity contribution is -0.170. The summed E-state index contributed by atoms with van der Waals surface area (Å²) in [7, 11) is 0. The summed E-state index contributed by atoms with van der Waals surface area (Å²) in [6.45, 7) is 6.29. The minimum absolute atomic E-state index is 0.0765. The molecule has 122 valence electrons. The smallest absolute Gasteiger partial charge is 0.163 e. The largest absolute Gasteiger partial charge is 0.394 e. The van der Waals surface area contributed by atoms with Crippen molar-refractivity contribution in [2.24, 2.45) is 0 Å². The Morgan fingerprint density at radius 1 is 1.27 bits per heavy atom. The summed E-state index contributed by atoms with van der Waals surface area (Å²) in [6.07, 6.45) is -1.14. The minimum Gasteiger partial charge on any atom is -0.394 e. The van der Waals surface area contributed by atoms with E-state index in [9.17, 15) is 10.2 Å². The van der Waals surface area contributed by atoms with Crippen molar-refractivity contribution in [3.8, 4) is 0 Å². The van der Waals surface area contributed by atoms with Crippen LogP contribution in [0.25, 0.3) is 0 Å². The van der Waals surface area contributed by atoms with Crippen molar-refractivity contribution >= 4 is 0 Å². The number of aliphatic hydroxyl groups is 2. The third-order valence-electron chi connectivity index (χ3n) is 4.69. The lowest BCUT2D eigenvalue weighted by Gasteiger charge is -2.36. The van der Waals surface area contributed by atoms with E-state index < -0.39 is 11.9 Å². The Balaban J connectivity index is 1.85. The van der Waals surface area contributed by atoms with Gasteiger partial charge in [0, 0.05) is 12.6 Å². The lowest BCUT2D eigenvalue weighted by atomic mass is 10.0. The van der Waals surface area contributed by atoms with Crippen molar-refractivity contribution in [3.05, 3.63) is 35.9 Å². The fraction of sp³-hybridized carbons (Fsp3) is 0.647. The zero-order valence-electron chi connectivity index (χ0n) is 13.3. The molecule has 1 aromatic carbocycles. The van der Waals surface area contributed by atoms with Gasteiger partial charge >= 0.3 is 0 Å². The molecule has 0 aliphatic carbocycles. The van der Waals surface area contributed by atoms with Gasteiger partial charge < -0.3 is 19.7 Å². The third kappa shape index (κ3) is 2.79. The van der Waals surface area contributed by atoms with Gasteiger partial charge in [0.25, 0.3) is 0 Å². The molecule has 0 aromatic heterocycles. The van der Waals surface area contributed by atoms with E-state index in [2.05, 4.69) is 24.0 Å². The molecule has 0 bridgehead atoms. The molecule has 5 atom stereocenters. The van der Waals surface area contributed by atoms with Gasteiger partial charge in [-0.3, -0.25) is 4.90 Å². The van der Waals surface area contributed by atoms with Gasteiger partial charge in [-0.05, 0) is 26.3 Å². The zero-order valence-corrected chi connectivity index (χ0v) is 13.3. The molecule has 3 rings (SSSR count). The number of fused-ring (bicyclic) bond motifs is 1. The molecule has 1 aromatic rings. The van der Waals surface area contributed by atoms with E-state index in [-0.39, 0.29) is 30.9 Å². The van der Waals surface area contributed by atoms with Crippen LogP contribution in [0.2, 0.25) is 0 Å². The quantitative estimate of drug-likeness (QED) is 0.878. The van der Waals surface area contributed by atoms with E-state index in [1.54, 1.807) is 0 Å². The van der Waals surface area contributed by atoms with Crippen LogP contribution in [0.1, 0.15) is 32.4 Å². The Morgan fingerprint density at radius 3 is 2.59 bits per heavy atom. The summed E-state index contributed by atoms with van der Waals surface area (Å²) in [5.74, 6) is -0.634. The van der Waals surface area contributed by atoms with Crippen LogP contribution in [0.5, 0.6) is 0 Å². The monoisotopic (exact) mass is 307 g/mol. The van der Waals surface area contributed by atoms with Crippen LogP contribution in [-0.2, 0) is 9.47 Å². The highest BCUT2D eigenvalue weighted by Crippen LogP contribution is 2.41. The Labute approximate surface area is 131 Å². The Hall–Kier alpha value is -0.980. The van der Waals surface area contributed by atoms with Crippen molar-refractivity contribution in [2.45, 2.75) is 57.0 Å². The van der Waals surface area contributed by atoms with Crippen LogP contribution in [0.3, 0.4) is 0 Å². The molecule has 2 heterocycles. The second-order valence-corrected chi connectivity index (χ2v) is 6.66. The Morgan fingerprint density at radius 2 is 1.95 bits per heavy atom. The number of likely N-dealkylation sites (tertiary alicyclic amines) is 1. The highest BCUT2D eigenvalue weighted by atomic mass is 16.8. The van der Waals surface area contributed by atoms with Gasteiger partial charge in [0.2, 0.25) is 0 Å². The van der Waals surface area contributed by atoms with Crippen molar-refractivity contribution in [2.75, 3.05) is 13.2 Å². The molecule has 0 radical (unpaired) electrons. The van der Waals surface area contributed by atoms with Gasteiger partial charge in [0.05, 0.1) is 18.8 Å². The topological polar surface area (TPSA) is 62.2 Å². The number of rotatable bonds is 4. The van der Waals surface area contributed by atoms with Gasteiger partial charge in [-0.1, -0.05) is 30.3 Å². The first kappa shape index (κ1) is 15.9. The second kappa shape index (κ2) is 5.91. The van der Waals surface area contributed by atoms with Crippen molar-refractivity contribution in [1.29, 1.82) is 0 Å². The maximum Gasteiger partial charge on any atom is 0.163 e. The molecular weight excluding hydrogens is 282 g/mol. The fourth-order valence-electron chi connectivity index (χ4n) is 3.70. The normalized spacial score (nSPS) is 33.6. The zero-order chi connectivity index (χ0) is 15.9. The van der Waals surface area contributed by atoms with Crippen LogP contribution in [0.15, 0.2) is 30.3 Å². The number of hydrogen-bond donors (Lipinski definition) is 2.